The second kappa shape index (κ2) is 3.87. The molecule has 72 valence electrons. The number of hydrogen-bond acceptors (Lipinski definition) is 2. The van der Waals surface area contributed by atoms with Crippen LogP contribution < -0.4 is 0 Å². The van der Waals surface area contributed by atoms with Gasteiger partial charge in [0.15, 0.2) is 0 Å². The van der Waals surface area contributed by atoms with Crippen LogP contribution in [0.4, 0.5) is 3.89 Å². The van der Waals surface area contributed by atoms with E-state index in [0.717, 1.165) is 12.0 Å². The molecular weight excluding hydrogens is 191 g/mol. The molecular formula is C9H11FO2S. The molecule has 4 heteroatoms. The van der Waals surface area contributed by atoms with Gasteiger partial charge in [-0.25, -0.2) is 0 Å². The average Bonchev–Trinajstić information content (AvgIpc) is 2.01. The molecule has 0 saturated heterocycles. The monoisotopic (exact) mass is 202 g/mol. The molecule has 0 unspecified atom stereocenters. The number of halogens is 1. The van der Waals surface area contributed by atoms with E-state index < -0.39 is 16.0 Å². The van der Waals surface area contributed by atoms with E-state index in [0.29, 0.717) is 5.56 Å². The molecule has 0 aromatic heterocycles. The van der Waals surface area contributed by atoms with Crippen LogP contribution in [0.1, 0.15) is 18.1 Å². The highest BCUT2D eigenvalue weighted by atomic mass is 32.3. The van der Waals surface area contributed by atoms with E-state index in [1.165, 1.54) is 0 Å². The fourth-order valence-corrected chi connectivity index (χ4v) is 1.72. The van der Waals surface area contributed by atoms with Crippen LogP contribution in [0.3, 0.4) is 0 Å². The first-order valence-electron chi connectivity index (χ1n) is 4.01. The highest BCUT2D eigenvalue weighted by Crippen LogP contribution is 2.10. The van der Waals surface area contributed by atoms with Gasteiger partial charge in [0.2, 0.25) is 0 Å². The van der Waals surface area contributed by atoms with E-state index in [1.807, 2.05) is 13.0 Å². The summed E-state index contributed by atoms with van der Waals surface area (Å²) < 4.78 is 32.9. The first kappa shape index (κ1) is 10.2. The average molecular weight is 202 g/mol. The maximum Gasteiger partial charge on any atom is 0.306 e. The van der Waals surface area contributed by atoms with Gasteiger partial charge in [0.05, 0.1) is 0 Å². The lowest BCUT2D eigenvalue weighted by Crippen LogP contribution is -1.96. The van der Waals surface area contributed by atoms with Gasteiger partial charge >= 0.3 is 10.2 Å². The Morgan fingerprint density at radius 2 is 1.92 bits per heavy atom. The van der Waals surface area contributed by atoms with E-state index in [-0.39, 0.29) is 0 Å². The summed E-state index contributed by atoms with van der Waals surface area (Å²) in [4.78, 5) is 0. The third-order valence-corrected chi connectivity index (χ3v) is 2.42. The van der Waals surface area contributed by atoms with E-state index in [1.54, 1.807) is 18.2 Å². The van der Waals surface area contributed by atoms with Crippen molar-refractivity contribution in [3.8, 4) is 0 Å². The molecule has 1 aromatic carbocycles. The molecule has 0 aliphatic heterocycles. The Morgan fingerprint density at radius 3 is 2.46 bits per heavy atom. The van der Waals surface area contributed by atoms with Crippen molar-refractivity contribution in [1.29, 1.82) is 0 Å². The molecule has 0 saturated carbocycles. The van der Waals surface area contributed by atoms with Gasteiger partial charge in [-0.05, 0) is 17.5 Å². The summed E-state index contributed by atoms with van der Waals surface area (Å²) in [6, 6.07) is 6.93. The minimum absolute atomic E-state index is 0.502. The topological polar surface area (TPSA) is 34.1 Å². The molecule has 0 radical (unpaired) electrons. The SMILES string of the molecule is CCc1cccc(CS(=O)(=O)F)c1. The fraction of sp³-hybridized carbons (Fsp3) is 0.333. The van der Waals surface area contributed by atoms with Crippen LogP contribution in [0.15, 0.2) is 24.3 Å². The van der Waals surface area contributed by atoms with Crippen molar-refractivity contribution < 1.29 is 12.3 Å². The molecule has 1 rings (SSSR count). The molecule has 0 fully saturated rings. The van der Waals surface area contributed by atoms with Crippen molar-refractivity contribution in [1.82, 2.24) is 0 Å². The zero-order valence-corrected chi connectivity index (χ0v) is 8.14. The van der Waals surface area contributed by atoms with Gasteiger partial charge in [-0.15, -0.1) is 3.89 Å². The van der Waals surface area contributed by atoms with Gasteiger partial charge < -0.3 is 0 Å². The van der Waals surface area contributed by atoms with Crippen molar-refractivity contribution in [3.05, 3.63) is 35.4 Å². The van der Waals surface area contributed by atoms with Gasteiger partial charge in [-0.3, -0.25) is 0 Å². The molecule has 0 amide bonds. The summed E-state index contributed by atoms with van der Waals surface area (Å²) in [5.74, 6) is -0.527. The highest BCUT2D eigenvalue weighted by Gasteiger charge is 2.08. The molecule has 0 atom stereocenters. The Kier molecular flexibility index (Phi) is 3.03. The van der Waals surface area contributed by atoms with Crippen LogP contribution in [0, 0.1) is 0 Å². The Labute approximate surface area is 77.6 Å². The van der Waals surface area contributed by atoms with Gasteiger partial charge in [-0.2, -0.15) is 8.42 Å². The van der Waals surface area contributed by atoms with Crippen LogP contribution in [-0.4, -0.2) is 8.42 Å². The first-order valence-corrected chi connectivity index (χ1v) is 5.56. The zero-order chi connectivity index (χ0) is 9.90. The smallest absolute Gasteiger partial charge is 0.194 e. The summed E-state index contributed by atoms with van der Waals surface area (Å²) >= 11 is 0. The molecule has 0 bridgehead atoms. The number of benzene rings is 1. The van der Waals surface area contributed by atoms with Crippen molar-refractivity contribution in [3.63, 3.8) is 0 Å². The zero-order valence-electron chi connectivity index (χ0n) is 7.33. The molecule has 13 heavy (non-hydrogen) atoms. The standard InChI is InChI=1S/C9H11FO2S/c1-2-8-4-3-5-9(6-8)7-13(10,11)12/h3-6H,2,7H2,1H3. The normalized spacial score (nSPS) is 11.5. The lowest BCUT2D eigenvalue weighted by molar-refractivity contribution is 0.551. The van der Waals surface area contributed by atoms with Gasteiger partial charge in [-0.1, -0.05) is 31.2 Å². The maximum atomic E-state index is 12.3. The molecule has 1 aromatic rings. The lowest BCUT2D eigenvalue weighted by Gasteiger charge is -2.00. The Bertz CT molecular complexity index is 384. The minimum Gasteiger partial charge on any atom is -0.194 e. The van der Waals surface area contributed by atoms with Crippen LogP contribution in [0.25, 0.3) is 0 Å². The van der Waals surface area contributed by atoms with Crippen molar-refractivity contribution >= 4 is 10.2 Å². The van der Waals surface area contributed by atoms with E-state index >= 15 is 0 Å². The van der Waals surface area contributed by atoms with E-state index in [9.17, 15) is 12.3 Å². The van der Waals surface area contributed by atoms with Crippen molar-refractivity contribution in [2.45, 2.75) is 19.1 Å². The summed E-state index contributed by atoms with van der Waals surface area (Å²) in [6.07, 6.45) is 0.820. The molecule has 0 N–H and O–H groups in total. The van der Waals surface area contributed by atoms with Gasteiger partial charge in [0.1, 0.15) is 5.75 Å². The van der Waals surface area contributed by atoms with Crippen LogP contribution in [0.5, 0.6) is 0 Å². The fourth-order valence-electron chi connectivity index (χ4n) is 1.14. The lowest BCUT2D eigenvalue weighted by atomic mass is 10.1. The minimum atomic E-state index is -4.40. The second-order valence-electron chi connectivity index (χ2n) is 2.86. The quantitative estimate of drug-likeness (QED) is 0.703. The van der Waals surface area contributed by atoms with Gasteiger partial charge in [0, 0.05) is 0 Å². The van der Waals surface area contributed by atoms with Crippen LogP contribution in [0.2, 0.25) is 0 Å². The van der Waals surface area contributed by atoms with Crippen LogP contribution >= 0.6 is 0 Å². The summed E-state index contributed by atoms with van der Waals surface area (Å²) in [5, 5.41) is 0. The summed E-state index contributed by atoms with van der Waals surface area (Å²) in [6.45, 7) is 1.96. The Morgan fingerprint density at radius 1 is 1.31 bits per heavy atom. The van der Waals surface area contributed by atoms with Gasteiger partial charge in [0.25, 0.3) is 0 Å². The van der Waals surface area contributed by atoms with E-state index in [4.69, 9.17) is 0 Å². The molecule has 0 spiro atoms. The molecule has 2 nitrogen and oxygen atoms in total. The number of aryl methyl sites for hydroxylation is 1. The van der Waals surface area contributed by atoms with Crippen LogP contribution in [-0.2, 0) is 22.4 Å². The third-order valence-electron chi connectivity index (χ3n) is 1.74. The number of rotatable bonds is 3. The molecule has 0 aliphatic rings. The summed E-state index contributed by atoms with van der Waals surface area (Å²) in [5.41, 5.74) is 1.52. The Hall–Kier alpha value is -0.900. The molecule has 0 heterocycles. The molecule has 0 aliphatic carbocycles. The second-order valence-corrected chi connectivity index (χ2v) is 4.22. The first-order chi connectivity index (χ1) is 6.01. The highest BCUT2D eigenvalue weighted by molar-refractivity contribution is 7.85. The predicted molar refractivity (Wildman–Crippen MR) is 49.6 cm³/mol. The van der Waals surface area contributed by atoms with E-state index in [2.05, 4.69) is 0 Å². The maximum absolute atomic E-state index is 12.3. The summed E-state index contributed by atoms with van der Waals surface area (Å²) in [7, 11) is -4.40. The Balaban J connectivity index is 2.90. The van der Waals surface area contributed by atoms with Crippen molar-refractivity contribution in [2.24, 2.45) is 0 Å². The number of hydrogen-bond donors (Lipinski definition) is 0. The predicted octanol–water partition coefficient (Wildman–Crippen LogP) is 2.05. The van der Waals surface area contributed by atoms with Crippen molar-refractivity contribution in [2.75, 3.05) is 0 Å². The third kappa shape index (κ3) is 3.55. The largest absolute Gasteiger partial charge is 0.306 e.